The maximum Gasteiger partial charge on any atom is 0.336 e. The molecular weight excluding hydrogens is 588 g/mol. The average Bonchev–Trinajstić information content (AvgIpc) is 3.05. The normalized spacial score (nSPS) is 12.6. The van der Waals surface area contributed by atoms with Crippen LogP contribution < -0.4 is 10.6 Å². The Morgan fingerprint density at radius 2 is 1.38 bits per heavy atom. The first-order valence-corrected chi connectivity index (χ1v) is 15.1. The number of benzene rings is 5. The molecule has 0 fully saturated rings. The van der Waals surface area contributed by atoms with Gasteiger partial charge in [-0.05, 0) is 48.2 Å². The molecule has 0 heterocycles. The molecule has 8 nitrogen and oxygen atoms in total. The van der Waals surface area contributed by atoms with E-state index in [2.05, 4.69) is 10.6 Å². The van der Waals surface area contributed by atoms with Crippen molar-refractivity contribution in [1.29, 1.82) is 0 Å². The Balaban J connectivity index is 1.21. The van der Waals surface area contributed by atoms with E-state index in [1.807, 2.05) is 13.0 Å². The van der Waals surface area contributed by atoms with Gasteiger partial charge in [0.1, 0.15) is 0 Å². The summed E-state index contributed by atoms with van der Waals surface area (Å²) in [4.78, 5) is 65.8. The maximum absolute atomic E-state index is 13.5. The van der Waals surface area contributed by atoms with Crippen LogP contribution in [0.15, 0.2) is 108 Å². The van der Waals surface area contributed by atoms with Crippen LogP contribution >= 0.6 is 11.8 Å². The Morgan fingerprint density at radius 1 is 0.733 bits per heavy atom. The van der Waals surface area contributed by atoms with Crippen molar-refractivity contribution in [3.8, 4) is 0 Å². The summed E-state index contributed by atoms with van der Waals surface area (Å²) in [5.41, 5.74) is 2.10. The van der Waals surface area contributed by atoms with Crippen LogP contribution in [0.4, 0.5) is 11.4 Å². The van der Waals surface area contributed by atoms with Crippen molar-refractivity contribution in [2.24, 2.45) is 0 Å². The molecule has 1 unspecified atom stereocenters. The molecule has 5 aromatic carbocycles. The molecule has 0 saturated carbocycles. The van der Waals surface area contributed by atoms with Gasteiger partial charge in [-0.15, -0.1) is 11.8 Å². The van der Waals surface area contributed by atoms with Gasteiger partial charge in [0.25, 0.3) is 5.91 Å². The number of fused-ring (bicyclic) bond motifs is 3. The lowest BCUT2D eigenvalue weighted by Gasteiger charge is -2.21. The van der Waals surface area contributed by atoms with Crippen LogP contribution in [0, 0.1) is 0 Å². The highest BCUT2D eigenvalue weighted by molar-refractivity contribution is 8.00. The van der Waals surface area contributed by atoms with Crippen LogP contribution in [0.2, 0.25) is 0 Å². The molecule has 45 heavy (non-hydrogen) atoms. The molecule has 0 radical (unpaired) electrons. The van der Waals surface area contributed by atoms with E-state index in [-0.39, 0.29) is 45.4 Å². The number of ketones is 2. The summed E-state index contributed by atoms with van der Waals surface area (Å²) < 4.78 is 0. The maximum atomic E-state index is 13.5. The number of carboxylic acid groups (broad SMARTS) is 1. The van der Waals surface area contributed by atoms with Gasteiger partial charge >= 0.3 is 5.97 Å². The van der Waals surface area contributed by atoms with E-state index < -0.39 is 17.1 Å². The molecule has 0 bridgehead atoms. The lowest BCUT2D eigenvalue weighted by Crippen LogP contribution is -2.28. The minimum atomic E-state index is -1.13. The molecule has 9 heteroatoms. The first-order chi connectivity index (χ1) is 21.8. The SMILES string of the molecule is CCC(Sc1cccc(NC(=O)c2cccc3cccc(C(=O)O)c23)c1)C(=O)Nc1cccc2c1C(=O)c1ccccc1C2=O. The summed E-state index contributed by atoms with van der Waals surface area (Å²) >= 11 is 1.30. The van der Waals surface area contributed by atoms with E-state index in [0.717, 1.165) is 0 Å². The zero-order valence-electron chi connectivity index (χ0n) is 24.0. The fourth-order valence-electron chi connectivity index (χ4n) is 5.50. The largest absolute Gasteiger partial charge is 0.478 e. The van der Waals surface area contributed by atoms with Crippen molar-refractivity contribution < 1.29 is 29.1 Å². The van der Waals surface area contributed by atoms with Gasteiger partial charge in [-0.3, -0.25) is 19.2 Å². The summed E-state index contributed by atoms with van der Waals surface area (Å²) in [5.74, 6) is -2.50. The first-order valence-electron chi connectivity index (χ1n) is 14.2. The monoisotopic (exact) mass is 614 g/mol. The van der Waals surface area contributed by atoms with Gasteiger partial charge in [0, 0.05) is 38.2 Å². The van der Waals surface area contributed by atoms with Crippen LogP contribution in [0.25, 0.3) is 10.8 Å². The minimum absolute atomic E-state index is 0.0364. The van der Waals surface area contributed by atoms with Crippen LogP contribution in [0.5, 0.6) is 0 Å². The van der Waals surface area contributed by atoms with Gasteiger partial charge < -0.3 is 15.7 Å². The first kappa shape index (κ1) is 29.5. The molecule has 1 aliphatic carbocycles. The Hall–Kier alpha value is -5.54. The zero-order valence-corrected chi connectivity index (χ0v) is 24.8. The van der Waals surface area contributed by atoms with Crippen molar-refractivity contribution in [3.63, 3.8) is 0 Å². The minimum Gasteiger partial charge on any atom is -0.478 e. The Kier molecular flexibility index (Phi) is 8.02. The van der Waals surface area contributed by atoms with Gasteiger partial charge in [-0.1, -0.05) is 73.7 Å². The summed E-state index contributed by atoms with van der Waals surface area (Å²) in [6, 6.07) is 28.4. The summed E-state index contributed by atoms with van der Waals surface area (Å²) in [6.45, 7) is 1.87. The molecule has 0 aromatic heterocycles. The molecule has 0 spiro atoms. The van der Waals surface area contributed by atoms with Gasteiger partial charge in [0.05, 0.1) is 22.1 Å². The number of anilines is 2. The number of carbonyl (C=O) groups is 5. The van der Waals surface area contributed by atoms with E-state index in [9.17, 15) is 29.1 Å². The lowest BCUT2D eigenvalue weighted by atomic mass is 9.83. The topological polar surface area (TPSA) is 130 Å². The zero-order chi connectivity index (χ0) is 31.7. The summed E-state index contributed by atoms with van der Waals surface area (Å²) in [6.07, 6.45) is 0.464. The van der Waals surface area contributed by atoms with E-state index in [4.69, 9.17) is 0 Å². The fourth-order valence-corrected chi connectivity index (χ4v) is 6.52. The van der Waals surface area contributed by atoms with E-state index in [1.54, 1.807) is 91.0 Å². The van der Waals surface area contributed by atoms with Crippen molar-refractivity contribution in [1.82, 2.24) is 0 Å². The third kappa shape index (κ3) is 5.61. The number of thioether (sulfide) groups is 1. The number of rotatable bonds is 8. The second kappa shape index (κ2) is 12.2. The molecule has 0 aliphatic heterocycles. The van der Waals surface area contributed by atoms with Crippen molar-refractivity contribution in [2.45, 2.75) is 23.5 Å². The third-order valence-electron chi connectivity index (χ3n) is 7.62. The Bertz CT molecular complexity index is 2050. The average molecular weight is 615 g/mol. The molecule has 6 rings (SSSR count). The smallest absolute Gasteiger partial charge is 0.336 e. The third-order valence-corrected chi connectivity index (χ3v) is 8.98. The van der Waals surface area contributed by atoms with Crippen LogP contribution in [0.1, 0.15) is 65.9 Å². The highest BCUT2D eigenvalue weighted by Crippen LogP contribution is 2.34. The van der Waals surface area contributed by atoms with Crippen molar-refractivity contribution >= 4 is 63.3 Å². The van der Waals surface area contributed by atoms with Crippen molar-refractivity contribution in [2.75, 3.05) is 10.6 Å². The van der Waals surface area contributed by atoms with Gasteiger partial charge in [0.2, 0.25) is 5.91 Å². The number of hydrogen-bond donors (Lipinski definition) is 3. The number of aromatic carboxylic acids is 1. The second-order valence-corrected chi connectivity index (χ2v) is 11.7. The van der Waals surface area contributed by atoms with E-state index >= 15 is 0 Å². The molecule has 5 aromatic rings. The fraction of sp³-hybridized carbons (Fsp3) is 0.0833. The number of carboxylic acids is 1. The molecule has 1 aliphatic rings. The molecular formula is C36H26N2O6S. The predicted molar refractivity (Wildman–Crippen MR) is 174 cm³/mol. The quantitative estimate of drug-likeness (QED) is 0.156. The van der Waals surface area contributed by atoms with Gasteiger partial charge in [0.15, 0.2) is 11.6 Å². The molecule has 2 amide bonds. The van der Waals surface area contributed by atoms with Gasteiger partial charge in [-0.2, -0.15) is 0 Å². The number of hydrogen-bond acceptors (Lipinski definition) is 6. The highest BCUT2D eigenvalue weighted by Gasteiger charge is 2.32. The molecule has 1 atom stereocenters. The Morgan fingerprint density at radius 3 is 2.09 bits per heavy atom. The number of carbonyl (C=O) groups excluding carboxylic acids is 4. The van der Waals surface area contributed by atoms with E-state index in [1.165, 1.54) is 17.8 Å². The Labute approximate surface area is 262 Å². The lowest BCUT2D eigenvalue weighted by molar-refractivity contribution is -0.115. The molecule has 222 valence electrons. The van der Waals surface area contributed by atoms with Crippen LogP contribution in [0.3, 0.4) is 0 Å². The standard InChI is InChI=1S/C36H26N2O6S/c1-2-29(35(42)38-28-18-8-15-25-31(28)33(40)24-14-4-3-13-23(24)32(25)39)45-22-12-7-11-21(19-22)37-34(41)26-16-5-9-20-10-6-17-27(30(20)26)36(43)44/h3-19,29H,2H2,1H3,(H,37,41)(H,38,42)(H,43,44). The van der Waals surface area contributed by atoms with Gasteiger partial charge in [-0.25, -0.2) is 4.79 Å². The van der Waals surface area contributed by atoms with Crippen molar-refractivity contribution in [3.05, 3.63) is 137 Å². The number of nitrogens with one attached hydrogen (secondary N) is 2. The summed E-state index contributed by atoms with van der Waals surface area (Å²) in [5, 5.41) is 15.8. The molecule has 0 saturated heterocycles. The van der Waals surface area contributed by atoms with E-state index in [0.29, 0.717) is 38.9 Å². The van der Waals surface area contributed by atoms with Crippen LogP contribution in [-0.2, 0) is 4.79 Å². The predicted octanol–water partition coefficient (Wildman–Crippen LogP) is 7.08. The number of amides is 2. The molecule has 3 N–H and O–H groups in total. The second-order valence-electron chi connectivity index (χ2n) is 10.4. The van der Waals surface area contributed by atoms with Crippen LogP contribution in [-0.4, -0.2) is 39.7 Å². The summed E-state index contributed by atoms with van der Waals surface area (Å²) in [7, 11) is 0. The highest BCUT2D eigenvalue weighted by atomic mass is 32.2.